The second-order valence-corrected chi connectivity index (χ2v) is 8.01. The lowest BCUT2D eigenvalue weighted by Crippen LogP contribution is -2.50. The Hall–Kier alpha value is -2.33. The van der Waals surface area contributed by atoms with Gasteiger partial charge in [-0.05, 0) is 38.8 Å². The highest BCUT2D eigenvalue weighted by molar-refractivity contribution is 8.00. The molecule has 3 rings (SSSR count). The van der Waals surface area contributed by atoms with Gasteiger partial charge < -0.3 is 5.32 Å². The van der Waals surface area contributed by atoms with Gasteiger partial charge in [-0.2, -0.15) is 5.26 Å². The van der Waals surface area contributed by atoms with Crippen LogP contribution in [0.25, 0.3) is 5.69 Å². The molecule has 2 aromatic rings. The van der Waals surface area contributed by atoms with Crippen LogP contribution in [0.1, 0.15) is 44.9 Å². The van der Waals surface area contributed by atoms with E-state index in [0.29, 0.717) is 5.16 Å². The van der Waals surface area contributed by atoms with Crippen molar-refractivity contribution < 1.29 is 4.79 Å². The summed E-state index contributed by atoms with van der Waals surface area (Å²) in [6, 6.07) is 12.2. The second-order valence-electron chi connectivity index (χ2n) is 6.70. The van der Waals surface area contributed by atoms with E-state index in [0.717, 1.165) is 43.6 Å². The van der Waals surface area contributed by atoms with Crippen molar-refractivity contribution in [2.45, 2.75) is 61.9 Å². The van der Waals surface area contributed by atoms with Crippen LogP contribution in [-0.2, 0) is 4.79 Å². The van der Waals surface area contributed by atoms with Crippen molar-refractivity contribution >= 4 is 17.7 Å². The molecular formula is C19H23N5OS. The zero-order valence-electron chi connectivity index (χ0n) is 15.1. The van der Waals surface area contributed by atoms with E-state index in [9.17, 15) is 10.1 Å². The van der Waals surface area contributed by atoms with Crippen molar-refractivity contribution in [2.75, 3.05) is 0 Å². The molecule has 0 spiro atoms. The summed E-state index contributed by atoms with van der Waals surface area (Å²) in [5, 5.41) is 21.2. The zero-order chi connectivity index (χ0) is 18.6. The molecule has 7 heteroatoms. The fourth-order valence-electron chi connectivity index (χ4n) is 3.26. The molecule has 1 atom stereocenters. The van der Waals surface area contributed by atoms with Gasteiger partial charge in [0.2, 0.25) is 5.91 Å². The van der Waals surface area contributed by atoms with E-state index in [1.807, 2.05) is 48.7 Å². The molecule has 1 amide bonds. The summed E-state index contributed by atoms with van der Waals surface area (Å²) in [6.07, 6.45) is 4.55. The van der Waals surface area contributed by atoms with Crippen molar-refractivity contribution in [3.63, 3.8) is 0 Å². The van der Waals surface area contributed by atoms with E-state index in [4.69, 9.17) is 0 Å². The van der Waals surface area contributed by atoms with Gasteiger partial charge in [-0.15, -0.1) is 10.2 Å². The van der Waals surface area contributed by atoms with Gasteiger partial charge in [0, 0.05) is 5.69 Å². The van der Waals surface area contributed by atoms with E-state index in [1.165, 1.54) is 11.8 Å². The number of thioether (sulfide) groups is 1. The number of para-hydroxylation sites is 1. The third-order valence-electron chi connectivity index (χ3n) is 4.74. The zero-order valence-corrected chi connectivity index (χ0v) is 15.9. The molecule has 0 unspecified atom stereocenters. The van der Waals surface area contributed by atoms with Crippen LogP contribution >= 0.6 is 11.8 Å². The summed E-state index contributed by atoms with van der Waals surface area (Å²) in [5.41, 5.74) is 0.249. The lowest BCUT2D eigenvalue weighted by Gasteiger charge is -2.32. The molecule has 0 radical (unpaired) electrons. The number of rotatable bonds is 5. The highest BCUT2D eigenvalue weighted by atomic mass is 32.2. The Morgan fingerprint density at radius 3 is 2.62 bits per heavy atom. The number of carbonyl (C=O) groups is 1. The first-order valence-corrected chi connectivity index (χ1v) is 9.80. The van der Waals surface area contributed by atoms with Gasteiger partial charge in [-0.1, -0.05) is 49.2 Å². The molecule has 26 heavy (non-hydrogen) atoms. The van der Waals surface area contributed by atoms with Crippen LogP contribution in [0.5, 0.6) is 0 Å². The van der Waals surface area contributed by atoms with Crippen LogP contribution in [0.4, 0.5) is 0 Å². The van der Waals surface area contributed by atoms with Crippen LogP contribution in [-0.4, -0.2) is 31.5 Å². The quantitative estimate of drug-likeness (QED) is 0.817. The van der Waals surface area contributed by atoms with Gasteiger partial charge >= 0.3 is 0 Å². The molecule has 0 aliphatic heterocycles. The van der Waals surface area contributed by atoms with Crippen molar-refractivity contribution in [3.05, 3.63) is 36.2 Å². The lowest BCUT2D eigenvalue weighted by atomic mass is 9.83. The summed E-state index contributed by atoms with van der Waals surface area (Å²) < 4.78 is 1.94. The fourth-order valence-corrected chi connectivity index (χ4v) is 4.18. The maximum absolute atomic E-state index is 12.7. The van der Waals surface area contributed by atoms with Crippen molar-refractivity contribution in [1.82, 2.24) is 20.1 Å². The van der Waals surface area contributed by atoms with Gasteiger partial charge in [-0.3, -0.25) is 9.36 Å². The van der Waals surface area contributed by atoms with E-state index < -0.39 is 5.54 Å². The normalized spacial score (nSPS) is 17.3. The van der Waals surface area contributed by atoms with Crippen LogP contribution in [0.2, 0.25) is 0 Å². The second kappa shape index (κ2) is 7.92. The molecular weight excluding hydrogens is 346 g/mol. The Kier molecular flexibility index (Phi) is 5.62. The minimum absolute atomic E-state index is 0.126. The van der Waals surface area contributed by atoms with Crippen molar-refractivity contribution in [1.29, 1.82) is 5.26 Å². The largest absolute Gasteiger partial charge is 0.337 e. The number of carbonyl (C=O) groups excluding carboxylic acids is 1. The number of hydrogen-bond donors (Lipinski definition) is 1. The van der Waals surface area contributed by atoms with Gasteiger partial charge in [-0.25, -0.2) is 0 Å². The number of nitriles is 1. The van der Waals surface area contributed by atoms with E-state index in [-0.39, 0.29) is 11.2 Å². The summed E-state index contributed by atoms with van der Waals surface area (Å²) in [5.74, 6) is 0.644. The highest BCUT2D eigenvalue weighted by Gasteiger charge is 2.35. The number of benzene rings is 1. The first kappa shape index (κ1) is 18.5. The summed E-state index contributed by atoms with van der Waals surface area (Å²) in [6.45, 7) is 3.73. The number of nitrogens with one attached hydrogen (secondary N) is 1. The van der Waals surface area contributed by atoms with Gasteiger partial charge in [0.05, 0.1) is 11.3 Å². The molecule has 6 nitrogen and oxygen atoms in total. The molecule has 0 bridgehead atoms. The first-order valence-electron chi connectivity index (χ1n) is 8.92. The molecule has 1 aliphatic carbocycles. The topological polar surface area (TPSA) is 83.6 Å². The SMILES string of the molecule is Cc1nnc(S[C@@H](C)C(=O)NC2(C#N)CCCCC2)n1-c1ccccc1. The number of hydrogen-bond acceptors (Lipinski definition) is 5. The average molecular weight is 369 g/mol. The van der Waals surface area contributed by atoms with Gasteiger partial charge in [0.15, 0.2) is 5.16 Å². The molecule has 1 heterocycles. The van der Waals surface area contributed by atoms with Crippen LogP contribution in [0.3, 0.4) is 0 Å². The predicted molar refractivity (Wildman–Crippen MR) is 101 cm³/mol. The molecule has 1 fully saturated rings. The predicted octanol–water partition coefficient (Wildman–Crippen LogP) is 3.40. The minimum Gasteiger partial charge on any atom is -0.337 e. The Balaban J connectivity index is 1.73. The highest BCUT2D eigenvalue weighted by Crippen LogP contribution is 2.30. The number of amides is 1. The number of aromatic nitrogens is 3. The summed E-state index contributed by atoms with van der Waals surface area (Å²) in [7, 11) is 0. The fraction of sp³-hybridized carbons (Fsp3) is 0.474. The Labute approximate surface area is 158 Å². The third-order valence-corrected chi connectivity index (χ3v) is 5.79. The maximum Gasteiger partial charge on any atom is 0.234 e. The van der Waals surface area contributed by atoms with Crippen LogP contribution < -0.4 is 5.32 Å². The van der Waals surface area contributed by atoms with Crippen LogP contribution in [0.15, 0.2) is 35.5 Å². The Morgan fingerprint density at radius 2 is 1.96 bits per heavy atom. The third kappa shape index (κ3) is 3.91. The number of nitrogens with zero attached hydrogens (tertiary/aromatic N) is 4. The molecule has 1 aromatic heterocycles. The summed E-state index contributed by atoms with van der Waals surface area (Å²) >= 11 is 1.36. The van der Waals surface area contributed by atoms with Crippen molar-refractivity contribution in [2.24, 2.45) is 0 Å². The smallest absolute Gasteiger partial charge is 0.234 e. The monoisotopic (exact) mass is 369 g/mol. The molecule has 0 saturated heterocycles. The molecule has 136 valence electrons. The van der Waals surface area contributed by atoms with E-state index in [1.54, 1.807) is 0 Å². The van der Waals surface area contributed by atoms with Crippen molar-refractivity contribution in [3.8, 4) is 11.8 Å². The minimum atomic E-state index is -0.715. The summed E-state index contributed by atoms with van der Waals surface area (Å²) in [4.78, 5) is 12.7. The van der Waals surface area contributed by atoms with Crippen LogP contribution in [0, 0.1) is 18.3 Å². The molecule has 1 aromatic carbocycles. The van der Waals surface area contributed by atoms with E-state index in [2.05, 4.69) is 21.6 Å². The molecule has 1 N–H and O–H groups in total. The Morgan fingerprint density at radius 1 is 1.27 bits per heavy atom. The molecule has 1 aliphatic rings. The average Bonchev–Trinajstić information content (AvgIpc) is 3.03. The molecule has 1 saturated carbocycles. The number of aryl methyl sites for hydroxylation is 1. The Bertz CT molecular complexity index is 805. The lowest BCUT2D eigenvalue weighted by molar-refractivity contribution is -0.121. The van der Waals surface area contributed by atoms with Gasteiger partial charge in [0.25, 0.3) is 0 Å². The van der Waals surface area contributed by atoms with Gasteiger partial charge in [0.1, 0.15) is 11.4 Å². The maximum atomic E-state index is 12.7. The first-order chi connectivity index (χ1) is 12.5. The van der Waals surface area contributed by atoms with E-state index >= 15 is 0 Å². The standard InChI is InChI=1S/C19H23N5OS/c1-14(17(25)21-19(13-20)11-7-4-8-12-19)26-18-23-22-15(2)24(18)16-9-5-3-6-10-16/h3,5-6,9-10,14H,4,7-8,11-12H2,1-2H3,(H,21,25)/t14-/m0/s1.